The minimum atomic E-state index is -0.559. The lowest BCUT2D eigenvalue weighted by molar-refractivity contribution is 0.0935. The Morgan fingerprint density at radius 1 is 1.50 bits per heavy atom. The van der Waals surface area contributed by atoms with Crippen molar-refractivity contribution >= 4 is 17.5 Å². The summed E-state index contributed by atoms with van der Waals surface area (Å²) in [6, 6.07) is 4.31. The lowest BCUT2D eigenvalue weighted by atomic mass is 9.92. The zero-order chi connectivity index (χ0) is 13.3. The van der Waals surface area contributed by atoms with Crippen LogP contribution in [0.2, 0.25) is 5.02 Å². The Morgan fingerprint density at radius 2 is 2.22 bits per heavy atom. The first-order valence-corrected chi connectivity index (χ1v) is 6.51. The number of benzene rings is 1. The third-order valence-corrected chi connectivity index (χ3v) is 3.79. The smallest absolute Gasteiger partial charge is 0.251 e. The fourth-order valence-corrected chi connectivity index (χ4v) is 2.58. The first-order chi connectivity index (χ1) is 8.37. The van der Waals surface area contributed by atoms with Crippen molar-refractivity contribution in [1.82, 2.24) is 5.32 Å². The lowest BCUT2D eigenvalue weighted by Gasteiger charge is -2.17. The Labute approximate surface area is 112 Å². The highest BCUT2D eigenvalue weighted by molar-refractivity contribution is 6.30. The van der Waals surface area contributed by atoms with E-state index in [1.54, 1.807) is 6.07 Å². The molecular weight excluding hydrogens is 253 g/mol. The maximum atomic E-state index is 13.3. The van der Waals surface area contributed by atoms with Crippen molar-refractivity contribution in [2.24, 2.45) is 5.41 Å². The predicted octanol–water partition coefficient (Wildman–Crippen LogP) is 3.79. The number of hydrogen-bond donors (Lipinski definition) is 1. The molecule has 0 spiro atoms. The van der Waals surface area contributed by atoms with E-state index >= 15 is 0 Å². The van der Waals surface area contributed by atoms with Crippen LogP contribution >= 0.6 is 11.6 Å². The lowest BCUT2D eigenvalue weighted by Crippen LogP contribution is -2.33. The largest absolute Gasteiger partial charge is 0.349 e. The Hall–Kier alpha value is -1.09. The minimum absolute atomic E-state index is 0.0357. The first-order valence-electron chi connectivity index (χ1n) is 6.13. The van der Waals surface area contributed by atoms with Gasteiger partial charge in [-0.05, 0) is 42.9 Å². The topological polar surface area (TPSA) is 29.1 Å². The van der Waals surface area contributed by atoms with Crippen molar-refractivity contribution in [3.63, 3.8) is 0 Å². The van der Waals surface area contributed by atoms with Crippen molar-refractivity contribution in [2.75, 3.05) is 0 Å². The summed E-state index contributed by atoms with van der Waals surface area (Å²) in [5, 5.41) is 2.98. The normalized spacial score (nSPS) is 21.9. The van der Waals surface area contributed by atoms with Crippen molar-refractivity contribution in [2.45, 2.75) is 39.2 Å². The fourth-order valence-electron chi connectivity index (χ4n) is 2.47. The first kappa shape index (κ1) is 13.3. The van der Waals surface area contributed by atoms with Crippen molar-refractivity contribution in [3.05, 3.63) is 34.6 Å². The molecule has 0 bridgehead atoms. The van der Waals surface area contributed by atoms with E-state index in [4.69, 9.17) is 11.6 Å². The van der Waals surface area contributed by atoms with E-state index in [0.29, 0.717) is 5.56 Å². The van der Waals surface area contributed by atoms with Crippen molar-refractivity contribution in [3.8, 4) is 0 Å². The third-order valence-electron chi connectivity index (χ3n) is 3.49. The average Bonchev–Trinajstić information content (AvgIpc) is 2.62. The van der Waals surface area contributed by atoms with Gasteiger partial charge >= 0.3 is 0 Å². The van der Waals surface area contributed by atoms with Crippen LogP contribution < -0.4 is 5.32 Å². The van der Waals surface area contributed by atoms with E-state index < -0.39 is 5.82 Å². The van der Waals surface area contributed by atoms with Crippen molar-refractivity contribution in [1.29, 1.82) is 0 Å². The van der Waals surface area contributed by atoms with Crippen LogP contribution in [0.15, 0.2) is 18.2 Å². The highest BCUT2D eigenvalue weighted by atomic mass is 35.5. The van der Waals surface area contributed by atoms with Gasteiger partial charge in [-0.3, -0.25) is 4.79 Å². The second-order valence-corrected chi connectivity index (χ2v) is 6.11. The van der Waals surface area contributed by atoms with Crippen LogP contribution in [-0.4, -0.2) is 11.9 Å². The van der Waals surface area contributed by atoms with Gasteiger partial charge < -0.3 is 5.32 Å². The van der Waals surface area contributed by atoms with Gasteiger partial charge in [-0.15, -0.1) is 0 Å². The SMILES string of the molecule is CC1(C)CCC(NC(=O)c2ccc(Cl)c(F)c2)C1. The molecule has 1 amide bonds. The molecule has 0 radical (unpaired) electrons. The van der Waals surface area contributed by atoms with Crippen LogP contribution in [0.5, 0.6) is 0 Å². The summed E-state index contributed by atoms with van der Waals surface area (Å²) in [5.41, 5.74) is 0.602. The zero-order valence-corrected chi connectivity index (χ0v) is 11.4. The van der Waals surface area contributed by atoms with Gasteiger partial charge in [0.2, 0.25) is 0 Å². The number of hydrogen-bond acceptors (Lipinski definition) is 1. The Kier molecular flexibility index (Phi) is 3.62. The number of rotatable bonds is 2. The second kappa shape index (κ2) is 4.88. The summed E-state index contributed by atoms with van der Waals surface area (Å²) in [7, 11) is 0. The molecule has 1 aliphatic carbocycles. The molecule has 1 N–H and O–H groups in total. The highest BCUT2D eigenvalue weighted by Crippen LogP contribution is 2.37. The van der Waals surface area contributed by atoms with E-state index in [1.165, 1.54) is 12.1 Å². The number of carbonyl (C=O) groups is 1. The van der Waals surface area contributed by atoms with Gasteiger partial charge in [-0.2, -0.15) is 0 Å². The van der Waals surface area contributed by atoms with Crippen LogP contribution in [0.25, 0.3) is 0 Å². The van der Waals surface area contributed by atoms with E-state index in [2.05, 4.69) is 19.2 Å². The molecule has 0 heterocycles. The van der Waals surface area contributed by atoms with Crippen LogP contribution in [0.1, 0.15) is 43.5 Å². The summed E-state index contributed by atoms with van der Waals surface area (Å²) in [6.45, 7) is 4.39. The number of nitrogens with one attached hydrogen (secondary N) is 1. The van der Waals surface area contributed by atoms with Gasteiger partial charge in [0.25, 0.3) is 5.91 Å². The molecule has 1 atom stereocenters. The maximum Gasteiger partial charge on any atom is 0.251 e. The molecule has 1 unspecified atom stereocenters. The van der Waals surface area contributed by atoms with E-state index in [9.17, 15) is 9.18 Å². The highest BCUT2D eigenvalue weighted by Gasteiger charge is 2.31. The minimum Gasteiger partial charge on any atom is -0.349 e. The number of amides is 1. The molecule has 0 aliphatic heterocycles. The van der Waals surface area contributed by atoms with Gasteiger partial charge in [-0.1, -0.05) is 25.4 Å². The summed E-state index contributed by atoms with van der Waals surface area (Å²) in [4.78, 5) is 12.0. The molecule has 0 aromatic heterocycles. The molecule has 4 heteroatoms. The standard InChI is InChI=1S/C14H17ClFNO/c1-14(2)6-5-10(8-14)17-13(18)9-3-4-11(15)12(16)7-9/h3-4,7,10H,5-6,8H2,1-2H3,(H,17,18). The maximum absolute atomic E-state index is 13.3. The summed E-state index contributed by atoms with van der Waals surface area (Å²) in [5.74, 6) is -0.788. The molecule has 0 saturated heterocycles. The van der Waals surface area contributed by atoms with Gasteiger partial charge in [-0.25, -0.2) is 4.39 Å². The molecule has 98 valence electrons. The van der Waals surface area contributed by atoms with Crippen LogP contribution in [0.4, 0.5) is 4.39 Å². The monoisotopic (exact) mass is 269 g/mol. The summed E-state index contributed by atoms with van der Waals surface area (Å²) in [6.07, 6.45) is 3.05. The molecular formula is C14H17ClFNO. The number of halogens is 2. The average molecular weight is 270 g/mol. The molecule has 1 aliphatic rings. The summed E-state index contributed by atoms with van der Waals surface area (Å²) >= 11 is 5.59. The van der Waals surface area contributed by atoms with E-state index in [1.807, 2.05) is 0 Å². The molecule has 1 aromatic carbocycles. The van der Waals surface area contributed by atoms with Gasteiger partial charge in [0.15, 0.2) is 0 Å². The van der Waals surface area contributed by atoms with Gasteiger partial charge in [0, 0.05) is 11.6 Å². The zero-order valence-electron chi connectivity index (χ0n) is 10.6. The van der Waals surface area contributed by atoms with Crippen LogP contribution in [0, 0.1) is 11.2 Å². The van der Waals surface area contributed by atoms with Crippen LogP contribution in [-0.2, 0) is 0 Å². The molecule has 18 heavy (non-hydrogen) atoms. The number of carbonyl (C=O) groups excluding carboxylic acids is 1. The molecule has 2 rings (SSSR count). The van der Waals surface area contributed by atoms with Gasteiger partial charge in [0.1, 0.15) is 5.82 Å². The quantitative estimate of drug-likeness (QED) is 0.870. The predicted molar refractivity (Wildman–Crippen MR) is 70.3 cm³/mol. The van der Waals surface area contributed by atoms with Gasteiger partial charge in [0.05, 0.1) is 5.02 Å². The van der Waals surface area contributed by atoms with Crippen LogP contribution in [0.3, 0.4) is 0 Å². The molecule has 1 saturated carbocycles. The van der Waals surface area contributed by atoms with E-state index in [0.717, 1.165) is 19.3 Å². The molecule has 2 nitrogen and oxygen atoms in total. The Bertz CT molecular complexity index is 473. The Morgan fingerprint density at radius 3 is 2.78 bits per heavy atom. The summed E-state index contributed by atoms with van der Waals surface area (Å²) < 4.78 is 13.3. The second-order valence-electron chi connectivity index (χ2n) is 5.71. The van der Waals surface area contributed by atoms with E-state index in [-0.39, 0.29) is 22.4 Å². The van der Waals surface area contributed by atoms with Crippen molar-refractivity contribution < 1.29 is 9.18 Å². The molecule has 1 fully saturated rings. The molecule has 1 aromatic rings. The third kappa shape index (κ3) is 3.02. The Balaban J connectivity index is 2.02. The fraction of sp³-hybridized carbons (Fsp3) is 0.500.